The zero-order valence-electron chi connectivity index (χ0n) is 20.0. The highest BCUT2D eigenvalue weighted by Crippen LogP contribution is 2.63. The Bertz CT molecular complexity index is 701. The van der Waals surface area contributed by atoms with E-state index in [-0.39, 0.29) is 23.2 Å². The van der Waals surface area contributed by atoms with Gasteiger partial charge in [-0.05, 0) is 109 Å². The summed E-state index contributed by atoms with van der Waals surface area (Å²) in [5, 5.41) is 6.21. The molecule has 0 radical (unpaired) electrons. The molecule has 0 aromatic rings. The van der Waals surface area contributed by atoms with Crippen LogP contribution in [0.25, 0.3) is 0 Å². The number of nitrogens with one attached hydrogen (secondary N) is 2. The monoisotopic (exact) mass is 417 g/mol. The number of hydrogen-bond donors (Lipinski definition) is 2. The zero-order valence-corrected chi connectivity index (χ0v) is 20.0. The fourth-order valence-electron chi connectivity index (χ4n) is 7.99. The van der Waals surface area contributed by atoms with Gasteiger partial charge in [0, 0.05) is 24.0 Å². The number of nitrogens with zero attached hydrogens (tertiary/aromatic N) is 1. The number of Topliss-reactive ketones (excluding diaryl/α,β-unsaturated/α-hetero) is 1. The average molecular weight is 418 g/mol. The fourth-order valence-corrected chi connectivity index (χ4v) is 7.99. The number of hydrogen-bond acceptors (Lipinski definition) is 3. The molecule has 2 unspecified atom stereocenters. The normalized spacial score (nSPS) is 44.1. The summed E-state index contributed by atoms with van der Waals surface area (Å²) < 4.78 is 0. The molecule has 5 heteroatoms. The second kappa shape index (κ2) is 7.50. The summed E-state index contributed by atoms with van der Waals surface area (Å²) in [6.07, 6.45) is 8.11. The highest BCUT2D eigenvalue weighted by Gasteiger charge is 2.60. The maximum Gasteiger partial charge on any atom is 0.315 e. The maximum absolute atomic E-state index is 12.4. The molecule has 2 heterocycles. The summed E-state index contributed by atoms with van der Waals surface area (Å²) in [6.45, 7) is 15.0. The molecule has 4 fully saturated rings. The molecule has 2 amide bonds. The third kappa shape index (κ3) is 3.59. The van der Waals surface area contributed by atoms with E-state index in [1.807, 2.05) is 20.8 Å². The van der Waals surface area contributed by atoms with Gasteiger partial charge in [-0.15, -0.1) is 0 Å². The first kappa shape index (κ1) is 22.1. The molecule has 30 heavy (non-hydrogen) atoms. The van der Waals surface area contributed by atoms with Crippen LogP contribution in [0, 0.1) is 29.1 Å². The largest absolute Gasteiger partial charge is 0.338 e. The topological polar surface area (TPSA) is 61.4 Å². The second-order valence-electron chi connectivity index (χ2n) is 12.3. The van der Waals surface area contributed by atoms with Crippen LogP contribution in [0.2, 0.25) is 0 Å². The lowest BCUT2D eigenvalue weighted by Crippen LogP contribution is -2.67. The van der Waals surface area contributed by atoms with Gasteiger partial charge in [-0.3, -0.25) is 9.69 Å². The summed E-state index contributed by atoms with van der Waals surface area (Å²) >= 11 is 0. The van der Waals surface area contributed by atoms with Crippen molar-refractivity contribution in [2.75, 3.05) is 13.1 Å². The Balaban J connectivity index is 1.45. The van der Waals surface area contributed by atoms with Crippen molar-refractivity contribution >= 4 is 11.8 Å². The Morgan fingerprint density at radius 2 is 1.83 bits per heavy atom. The van der Waals surface area contributed by atoms with Crippen molar-refractivity contribution in [1.82, 2.24) is 15.5 Å². The molecule has 0 aromatic heterocycles. The van der Waals surface area contributed by atoms with Crippen LogP contribution in [0.15, 0.2) is 0 Å². The number of amides is 2. The van der Waals surface area contributed by atoms with E-state index in [2.05, 4.69) is 36.3 Å². The van der Waals surface area contributed by atoms with Crippen molar-refractivity contribution in [2.45, 2.75) is 104 Å². The van der Waals surface area contributed by atoms with E-state index in [1.165, 1.54) is 32.1 Å². The molecule has 2 N–H and O–H groups in total. The number of carbonyl (C=O) groups excluding carboxylic acids is 2. The first-order valence-corrected chi connectivity index (χ1v) is 12.3. The van der Waals surface area contributed by atoms with E-state index in [1.54, 1.807) is 0 Å². The zero-order chi connectivity index (χ0) is 21.9. The van der Waals surface area contributed by atoms with Crippen molar-refractivity contribution in [2.24, 2.45) is 29.1 Å². The van der Waals surface area contributed by atoms with Crippen LogP contribution in [0.5, 0.6) is 0 Å². The van der Waals surface area contributed by atoms with Crippen molar-refractivity contribution in [3.63, 3.8) is 0 Å². The van der Waals surface area contributed by atoms with Crippen LogP contribution in [0.1, 0.15) is 86.5 Å². The molecule has 0 spiro atoms. The van der Waals surface area contributed by atoms with E-state index < -0.39 is 0 Å². The Morgan fingerprint density at radius 3 is 2.53 bits per heavy atom. The quantitative estimate of drug-likeness (QED) is 0.702. The third-order valence-corrected chi connectivity index (χ3v) is 9.60. The minimum absolute atomic E-state index is 0.0371. The van der Waals surface area contributed by atoms with E-state index in [9.17, 15) is 9.59 Å². The van der Waals surface area contributed by atoms with Gasteiger partial charge in [0.15, 0.2) is 0 Å². The van der Waals surface area contributed by atoms with E-state index >= 15 is 0 Å². The molecule has 5 nitrogen and oxygen atoms in total. The third-order valence-electron chi connectivity index (χ3n) is 9.60. The predicted molar refractivity (Wildman–Crippen MR) is 120 cm³/mol. The maximum atomic E-state index is 12.4. The van der Waals surface area contributed by atoms with Gasteiger partial charge < -0.3 is 10.6 Å². The lowest BCUT2D eigenvalue weighted by molar-refractivity contribution is -0.153. The molecule has 7 atom stereocenters. The van der Waals surface area contributed by atoms with Crippen molar-refractivity contribution in [3.05, 3.63) is 0 Å². The van der Waals surface area contributed by atoms with Gasteiger partial charge in [0.1, 0.15) is 5.78 Å². The Morgan fingerprint density at radius 1 is 1.10 bits per heavy atom. The molecule has 2 saturated heterocycles. The molecular formula is C25H43N3O2. The molecule has 2 saturated carbocycles. The lowest BCUT2D eigenvalue weighted by Gasteiger charge is -2.62. The average Bonchev–Trinajstić information content (AvgIpc) is 2.98. The van der Waals surface area contributed by atoms with Gasteiger partial charge in [-0.2, -0.15) is 0 Å². The van der Waals surface area contributed by atoms with Gasteiger partial charge in [0.2, 0.25) is 0 Å². The first-order valence-electron chi connectivity index (χ1n) is 12.3. The summed E-state index contributed by atoms with van der Waals surface area (Å²) in [6, 6.07) is 0.0600. The summed E-state index contributed by atoms with van der Waals surface area (Å²) in [5.41, 5.74) is 0.331. The van der Waals surface area contributed by atoms with Crippen LogP contribution < -0.4 is 10.6 Å². The van der Waals surface area contributed by atoms with Crippen LogP contribution >= 0.6 is 0 Å². The number of piperidine rings is 2. The molecule has 0 aromatic carbocycles. The molecule has 2 aliphatic carbocycles. The highest BCUT2D eigenvalue weighted by molar-refractivity contribution is 5.84. The van der Waals surface area contributed by atoms with Gasteiger partial charge in [0.05, 0.1) is 6.04 Å². The van der Waals surface area contributed by atoms with Crippen LogP contribution in [0.3, 0.4) is 0 Å². The number of fused-ring (bicyclic) bond motifs is 5. The predicted octanol–water partition coefficient (Wildman–Crippen LogP) is 4.36. The molecule has 4 aliphatic rings. The molecular weight excluding hydrogens is 374 g/mol. The highest BCUT2D eigenvalue weighted by atomic mass is 16.2. The number of carbonyl (C=O) groups is 2. The van der Waals surface area contributed by atoms with E-state index in [0.717, 1.165) is 43.7 Å². The first-order chi connectivity index (χ1) is 14.0. The van der Waals surface area contributed by atoms with Crippen LogP contribution in [-0.4, -0.2) is 46.9 Å². The SMILES string of the molecule is CC1C(=O)CC[C@]2(C)[C@@H]3CC[C@]4(C)C(CNC(=O)NC(C)(C)C)CC[C@H]4[C@@H]3CCN12. The minimum atomic E-state index is -0.202. The second-order valence-corrected chi connectivity index (χ2v) is 12.3. The Kier molecular flexibility index (Phi) is 5.52. The Hall–Kier alpha value is -1.10. The minimum Gasteiger partial charge on any atom is -0.338 e. The fraction of sp³-hybridized carbons (Fsp3) is 0.920. The summed E-state index contributed by atoms with van der Waals surface area (Å²) in [7, 11) is 0. The summed E-state index contributed by atoms with van der Waals surface area (Å²) in [4.78, 5) is 27.2. The van der Waals surface area contributed by atoms with Gasteiger partial charge in [-0.1, -0.05) is 6.92 Å². The smallest absolute Gasteiger partial charge is 0.315 e. The van der Waals surface area contributed by atoms with E-state index in [0.29, 0.717) is 17.1 Å². The summed E-state index contributed by atoms with van der Waals surface area (Å²) in [5.74, 6) is 3.27. The number of rotatable bonds is 2. The molecule has 2 aliphatic heterocycles. The number of urea groups is 1. The van der Waals surface area contributed by atoms with Gasteiger partial charge in [-0.25, -0.2) is 4.79 Å². The molecule has 0 bridgehead atoms. The number of ketones is 1. The molecule has 170 valence electrons. The van der Waals surface area contributed by atoms with Crippen LogP contribution in [-0.2, 0) is 4.79 Å². The van der Waals surface area contributed by atoms with Gasteiger partial charge >= 0.3 is 6.03 Å². The van der Waals surface area contributed by atoms with Gasteiger partial charge in [0.25, 0.3) is 0 Å². The van der Waals surface area contributed by atoms with Crippen molar-refractivity contribution in [1.29, 1.82) is 0 Å². The lowest BCUT2D eigenvalue weighted by atomic mass is 9.51. The Labute approximate surface area is 183 Å². The molecule has 4 rings (SSSR count). The standard InChI is InChI=1S/C25H43N3O2/c1-16-21(29)10-13-25(6)20-9-12-24(5)17(15-26-22(30)27-23(2,3)4)7-8-19(24)18(20)11-14-28(16)25/h16-20H,7-15H2,1-6H3,(H2,26,27,30)/t16?,17?,18-,19-,20+,24+,25+/m0/s1. The van der Waals surface area contributed by atoms with Crippen molar-refractivity contribution < 1.29 is 9.59 Å². The van der Waals surface area contributed by atoms with Crippen molar-refractivity contribution in [3.8, 4) is 0 Å². The van der Waals surface area contributed by atoms with E-state index in [4.69, 9.17) is 0 Å². The van der Waals surface area contributed by atoms with Crippen LogP contribution in [0.4, 0.5) is 4.79 Å².